The van der Waals surface area contributed by atoms with Gasteiger partial charge in [-0.2, -0.15) is 0 Å². The maximum Gasteiger partial charge on any atom is 0.294 e. The summed E-state index contributed by atoms with van der Waals surface area (Å²) in [4.78, 5) is 35.4. The van der Waals surface area contributed by atoms with Gasteiger partial charge in [0, 0.05) is 59.9 Å². The zero-order valence-electron chi connectivity index (χ0n) is 24.0. The SMILES string of the molecule is COc1cc(F)ccc1C(CNc1ncc2n(c1=O)[C@H](C(=O)NCc1ccc(N)nc1C)CC2)c1ccc(F)cc1OC. The first-order chi connectivity index (χ1) is 20.7. The minimum Gasteiger partial charge on any atom is -0.496 e. The molecule has 0 bridgehead atoms. The van der Waals surface area contributed by atoms with E-state index in [1.165, 1.54) is 43.1 Å². The highest BCUT2D eigenvalue weighted by Gasteiger charge is 2.31. The maximum atomic E-state index is 14.1. The van der Waals surface area contributed by atoms with E-state index in [2.05, 4.69) is 20.6 Å². The van der Waals surface area contributed by atoms with Gasteiger partial charge in [-0.3, -0.25) is 14.2 Å². The van der Waals surface area contributed by atoms with E-state index in [1.54, 1.807) is 30.5 Å². The van der Waals surface area contributed by atoms with Crippen molar-refractivity contribution in [2.75, 3.05) is 31.8 Å². The number of hydrogen-bond acceptors (Lipinski definition) is 8. The summed E-state index contributed by atoms with van der Waals surface area (Å²) in [6.07, 6.45) is 2.55. The second-order valence-electron chi connectivity index (χ2n) is 10.2. The molecule has 0 unspecified atom stereocenters. The Balaban J connectivity index is 1.42. The number of nitrogens with zero attached hydrogens (tertiary/aromatic N) is 3. The van der Waals surface area contributed by atoms with Crippen molar-refractivity contribution in [1.29, 1.82) is 0 Å². The molecule has 0 aliphatic carbocycles. The molecule has 1 amide bonds. The number of carbonyl (C=O) groups is 1. The van der Waals surface area contributed by atoms with Crippen LogP contribution in [0.25, 0.3) is 0 Å². The predicted molar refractivity (Wildman–Crippen MR) is 157 cm³/mol. The first kappa shape index (κ1) is 29.5. The van der Waals surface area contributed by atoms with Crippen LogP contribution in [0, 0.1) is 18.6 Å². The van der Waals surface area contributed by atoms with Gasteiger partial charge in [0.05, 0.1) is 14.2 Å². The van der Waals surface area contributed by atoms with Crippen molar-refractivity contribution >= 4 is 17.5 Å². The van der Waals surface area contributed by atoms with Crippen molar-refractivity contribution in [3.05, 3.63) is 105 Å². The highest BCUT2D eigenvalue weighted by atomic mass is 19.1. The van der Waals surface area contributed by atoms with Crippen LogP contribution in [0.3, 0.4) is 0 Å². The van der Waals surface area contributed by atoms with Gasteiger partial charge < -0.3 is 25.8 Å². The number of pyridine rings is 1. The molecule has 1 aliphatic rings. The average Bonchev–Trinajstić information content (AvgIpc) is 3.43. The number of methoxy groups -OCH3 is 2. The molecule has 3 heterocycles. The summed E-state index contributed by atoms with van der Waals surface area (Å²) in [5.74, 6) is -0.822. The van der Waals surface area contributed by atoms with Gasteiger partial charge in [0.1, 0.15) is 35.0 Å². The molecule has 0 saturated carbocycles. The molecule has 0 saturated heterocycles. The van der Waals surface area contributed by atoms with Crippen LogP contribution in [0.5, 0.6) is 11.5 Å². The molecule has 43 heavy (non-hydrogen) atoms. The largest absolute Gasteiger partial charge is 0.496 e. The number of anilines is 2. The molecule has 5 rings (SSSR count). The van der Waals surface area contributed by atoms with Crippen molar-refractivity contribution in [2.45, 2.75) is 38.3 Å². The van der Waals surface area contributed by atoms with Gasteiger partial charge in [0.2, 0.25) is 5.91 Å². The Morgan fingerprint density at radius 1 is 1.07 bits per heavy atom. The quantitative estimate of drug-likeness (QED) is 0.254. The zero-order chi connectivity index (χ0) is 30.7. The fourth-order valence-electron chi connectivity index (χ4n) is 5.44. The predicted octanol–water partition coefficient (Wildman–Crippen LogP) is 3.87. The Morgan fingerprint density at radius 3 is 2.33 bits per heavy atom. The number of fused-ring (bicyclic) bond motifs is 1. The van der Waals surface area contributed by atoms with E-state index in [-0.39, 0.29) is 36.3 Å². The second kappa shape index (κ2) is 12.5. The normalized spacial score (nSPS) is 14.0. The molecule has 0 spiro atoms. The van der Waals surface area contributed by atoms with E-state index in [0.717, 1.165) is 5.56 Å². The highest BCUT2D eigenvalue weighted by molar-refractivity contribution is 5.81. The van der Waals surface area contributed by atoms with E-state index in [4.69, 9.17) is 15.2 Å². The monoisotopic (exact) mass is 590 g/mol. The number of carbonyl (C=O) groups excluding carboxylic acids is 1. The molecule has 10 nitrogen and oxygen atoms in total. The lowest BCUT2D eigenvalue weighted by Crippen LogP contribution is -2.36. The third kappa shape index (κ3) is 6.13. The van der Waals surface area contributed by atoms with E-state index < -0.39 is 29.2 Å². The van der Waals surface area contributed by atoms with E-state index in [9.17, 15) is 18.4 Å². The van der Waals surface area contributed by atoms with Gasteiger partial charge in [-0.25, -0.2) is 18.7 Å². The van der Waals surface area contributed by atoms with Crippen molar-refractivity contribution < 1.29 is 23.0 Å². The van der Waals surface area contributed by atoms with Gasteiger partial charge in [-0.1, -0.05) is 18.2 Å². The van der Waals surface area contributed by atoms with Crippen LogP contribution >= 0.6 is 0 Å². The Bertz CT molecular complexity index is 1670. The molecule has 12 heteroatoms. The molecule has 2 aromatic carbocycles. The molecule has 1 aliphatic heterocycles. The van der Waals surface area contributed by atoms with Gasteiger partial charge in [0.25, 0.3) is 5.56 Å². The van der Waals surface area contributed by atoms with Crippen LogP contribution in [0.1, 0.15) is 46.5 Å². The minimum atomic E-state index is -0.710. The van der Waals surface area contributed by atoms with Crippen LogP contribution < -0.4 is 31.4 Å². The lowest BCUT2D eigenvalue weighted by Gasteiger charge is -2.23. The number of ether oxygens (including phenoxy) is 2. The van der Waals surface area contributed by atoms with E-state index in [0.29, 0.717) is 41.2 Å². The average molecular weight is 591 g/mol. The smallest absolute Gasteiger partial charge is 0.294 e. The number of halogens is 2. The fourth-order valence-corrected chi connectivity index (χ4v) is 5.44. The molecule has 2 aromatic heterocycles. The van der Waals surface area contributed by atoms with Crippen molar-refractivity contribution in [2.24, 2.45) is 0 Å². The van der Waals surface area contributed by atoms with Gasteiger partial charge in [0.15, 0.2) is 5.82 Å². The van der Waals surface area contributed by atoms with E-state index in [1.807, 2.05) is 6.92 Å². The third-order valence-corrected chi connectivity index (χ3v) is 7.65. The summed E-state index contributed by atoms with van der Waals surface area (Å²) < 4.78 is 40.5. The molecular formula is C31H32F2N6O4. The summed E-state index contributed by atoms with van der Waals surface area (Å²) >= 11 is 0. The number of aryl methyl sites for hydroxylation is 2. The van der Waals surface area contributed by atoms with E-state index >= 15 is 0 Å². The molecule has 224 valence electrons. The molecule has 0 radical (unpaired) electrons. The first-order valence-corrected chi connectivity index (χ1v) is 13.7. The molecule has 4 aromatic rings. The minimum absolute atomic E-state index is 0.0363. The summed E-state index contributed by atoms with van der Waals surface area (Å²) in [6.45, 7) is 2.16. The summed E-state index contributed by atoms with van der Waals surface area (Å²) in [5, 5.41) is 6.01. The second-order valence-corrected chi connectivity index (χ2v) is 10.2. The Kier molecular flexibility index (Phi) is 8.56. The number of aromatic nitrogens is 3. The number of nitrogen functional groups attached to an aromatic ring is 1. The molecular weight excluding hydrogens is 558 g/mol. The number of rotatable bonds is 10. The molecule has 1 atom stereocenters. The topological polar surface area (TPSA) is 133 Å². The van der Waals surface area contributed by atoms with Crippen LogP contribution in [0.15, 0.2) is 59.5 Å². The van der Waals surface area contributed by atoms with Crippen LogP contribution in [0.2, 0.25) is 0 Å². The lowest BCUT2D eigenvalue weighted by atomic mass is 9.89. The van der Waals surface area contributed by atoms with Crippen molar-refractivity contribution in [1.82, 2.24) is 19.9 Å². The standard InChI is InChI=1S/C31H32F2N6O4/c1-17-18(4-11-28(34)38-17)14-37-30(40)25-10-7-21-15-35-29(31(41)39(21)25)36-16-24(22-8-5-19(32)12-26(22)42-2)23-9-6-20(33)13-27(23)43-3/h4-6,8-9,11-13,15,24-25H,7,10,14,16H2,1-3H3,(H2,34,38)(H,35,36)(H,37,40)/t25-/m0/s1. The van der Waals surface area contributed by atoms with Crippen molar-refractivity contribution in [3.8, 4) is 11.5 Å². The Hall–Kier alpha value is -5.00. The molecule has 4 N–H and O–H groups in total. The van der Waals surface area contributed by atoms with Gasteiger partial charge in [-0.05, 0) is 43.5 Å². The summed E-state index contributed by atoms with van der Waals surface area (Å²) in [5.41, 5.74) is 8.65. The van der Waals surface area contributed by atoms with Crippen molar-refractivity contribution in [3.63, 3.8) is 0 Å². The summed E-state index contributed by atoms with van der Waals surface area (Å²) in [7, 11) is 2.85. The number of amides is 1. The number of benzene rings is 2. The van der Waals surface area contributed by atoms with Gasteiger partial charge >= 0.3 is 0 Å². The zero-order valence-corrected chi connectivity index (χ0v) is 24.0. The number of nitrogens with one attached hydrogen (secondary N) is 2. The van der Waals surface area contributed by atoms with Crippen LogP contribution in [-0.4, -0.2) is 41.2 Å². The fraction of sp³-hybridized carbons (Fsp3) is 0.290. The Morgan fingerprint density at radius 2 is 1.72 bits per heavy atom. The third-order valence-electron chi connectivity index (χ3n) is 7.65. The molecule has 0 fully saturated rings. The highest BCUT2D eigenvalue weighted by Crippen LogP contribution is 2.37. The number of hydrogen-bond donors (Lipinski definition) is 3. The lowest BCUT2D eigenvalue weighted by molar-refractivity contribution is -0.124. The van der Waals surface area contributed by atoms with Gasteiger partial charge in [-0.15, -0.1) is 0 Å². The Labute approximate surface area is 246 Å². The first-order valence-electron chi connectivity index (χ1n) is 13.7. The number of nitrogens with two attached hydrogens (primary N) is 1. The maximum absolute atomic E-state index is 14.1. The summed E-state index contributed by atoms with van der Waals surface area (Å²) in [6, 6.07) is 11.0. The van der Waals surface area contributed by atoms with Crippen LogP contribution in [-0.2, 0) is 17.8 Å². The van der Waals surface area contributed by atoms with Crippen LogP contribution in [0.4, 0.5) is 20.4 Å².